The lowest BCUT2D eigenvalue weighted by atomic mass is 10.3. The summed E-state index contributed by atoms with van der Waals surface area (Å²) in [6, 6.07) is 0. The summed E-state index contributed by atoms with van der Waals surface area (Å²) in [6.07, 6.45) is -1.86. The van der Waals surface area contributed by atoms with Gasteiger partial charge in [0.2, 0.25) is 8.32 Å². The highest BCUT2D eigenvalue weighted by molar-refractivity contribution is 7.83. The number of hydrogen-bond acceptors (Lipinski definition) is 7. The van der Waals surface area contributed by atoms with Gasteiger partial charge in [0.15, 0.2) is 0 Å². The van der Waals surface area contributed by atoms with Gasteiger partial charge in [0, 0.05) is 0 Å². The monoisotopic (exact) mass is 306 g/mol. The van der Waals surface area contributed by atoms with Gasteiger partial charge in [0.05, 0.1) is 0 Å². The molecule has 0 aliphatic carbocycles. The lowest BCUT2D eigenvalue weighted by molar-refractivity contribution is 0.0817. The van der Waals surface area contributed by atoms with Crippen molar-refractivity contribution in [3.63, 3.8) is 0 Å². The lowest BCUT2D eigenvalue weighted by Gasteiger charge is -2.21. The standard InChI is InChI=1S/C7H18O7S2Si/c1-6(12-15(8)9)7(2)13-16(10,11)14-17(3,4)5/h6-7,15H,1-5H3. The molecular formula is C7H18O7S2Si. The molecule has 0 rings (SSSR count). The van der Waals surface area contributed by atoms with Crippen molar-refractivity contribution in [1.82, 2.24) is 0 Å². The average molecular weight is 306 g/mol. The van der Waals surface area contributed by atoms with E-state index in [0.717, 1.165) is 0 Å². The summed E-state index contributed by atoms with van der Waals surface area (Å²) in [7, 11) is -9.48. The number of rotatable bonds is 7. The van der Waals surface area contributed by atoms with Crippen molar-refractivity contribution >= 4 is 29.7 Å². The van der Waals surface area contributed by atoms with Crippen molar-refractivity contribution in [2.75, 3.05) is 0 Å². The second-order valence-electron chi connectivity index (χ2n) is 4.44. The third-order valence-corrected chi connectivity index (χ3v) is 5.40. The molecule has 0 radical (unpaired) electrons. The summed E-state index contributed by atoms with van der Waals surface area (Å²) in [5.74, 6) is 0. The highest BCUT2D eigenvalue weighted by Crippen LogP contribution is 2.14. The molecule has 0 N–H and O–H groups in total. The largest absolute Gasteiger partial charge is 0.390 e. The molecule has 0 aliphatic heterocycles. The van der Waals surface area contributed by atoms with Gasteiger partial charge >= 0.3 is 10.4 Å². The zero-order chi connectivity index (χ0) is 13.9. The predicted molar refractivity (Wildman–Crippen MR) is 64.8 cm³/mol. The van der Waals surface area contributed by atoms with E-state index in [1.54, 1.807) is 19.6 Å². The fraction of sp³-hybridized carbons (Fsp3) is 1.00. The first-order valence-electron chi connectivity index (χ1n) is 4.88. The van der Waals surface area contributed by atoms with E-state index in [4.69, 9.17) is 3.87 Å². The van der Waals surface area contributed by atoms with E-state index in [1.807, 2.05) is 0 Å². The predicted octanol–water partition coefficient (Wildman–Crippen LogP) is 0.419. The Morgan fingerprint density at radius 2 is 1.53 bits per heavy atom. The molecule has 10 heteroatoms. The molecule has 0 aromatic heterocycles. The molecule has 0 heterocycles. The molecule has 0 amide bonds. The number of hydrogen-bond donors (Lipinski definition) is 1. The average Bonchev–Trinajstić information content (AvgIpc) is 1.95. The molecule has 17 heavy (non-hydrogen) atoms. The third kappa shape index (κ3) is 8.68. The molecule has 0 bridgehead atoms. The Labute approximate surface area is 105 Å². The Kier molecular flexibility index (Phi) is 6.25. The molecule has 0 saturated carbocycles. The van der Waals surface area contributed by atoms with Gasteiger partial charge in [-0.25, -0.2) is 12.6 Å². The minimum Gasteiger partial charge on any atom is -0.294 e. The van der Waals surface area contributed by atoms with Crippen molar-refractivity contribution < 1.29 is 29.1 Å². The van der Waals surface area contributed by atoms with Crippen LogP contribution in [0, 0.1) is 0 Å². The van der Waals surface area contributed by atoms with Crippen LogP contribution in [0.25, 0.3) is 0 Å². The van der Waals surface area contributed by atoms with E-state index < -0.39 is 41.9 Å². The Bertz CT molecular complexity index is 400. The minimum atomic E-state index is -4.13. The Hall–Kier alpha value is -0.00312. The first-order chi connectivity index (χ1) is 7.43. The Morgan fingerprint density at radius 1 is 1.06 bits per heavy atom. The zero-order valence-corrected chi connectivity index (χ0v) is 13.1. The van der Waals surface area contributed by atoms with Crippen molar-refractivity contribution in [1.29, 1.82) is 0 Å². The SMILES string of the molecule is CC(O[SH](=O)=O)C(C)OS(=O)(=O)O[Si](C)(C)C. The van der Waals surface area contributed by atoms with E-state index >= 15 is 0 Å². The van der Waals surface area contributed by atoms with Gasteiger partial charge < -0.3 is 0 Å². The maximum absolute atomic E-state index is 11.4. The van der Waals surface area contributed by atoms with Crippen LogP contribution in [0.3, 0.4) is 0 Å². The van der Waals surface area contributed by atoms with E-state index in [1.165, 1.54) is 13.8 Å². The van der Waals surface area contributed by atoms with Crippen molar-refractivity contribution in [3.05, 3.63) is 0 Å². The summed E-state index contributed by atoms with van der Waals surface area (Å²) < 4.78 is 57.4. The molecular weight excluding hydrogens is 288 g/mol. The molecule has 0 spiro atoms. The lowest BCUT2D eigenvalue weighted by Crippen LogP contribution is -2.35. The molecule has 0 aliphatic rings. The van der Waals surface area contributed by atoms with E-state index in [2.05, 4.69) is 8.37 Å². The first-order valence-corrected chi connectivity index (χ1v) is 10.7. The van der Waals surface area contributed by atoms with Crippen LogP contribution in [0.5, 0.6) is 0 Å². The second-order valence-corrected chi connectivity index (χ2v) is 11.0. The summed E-state index contributed by atoms with van der Waals surface area (Å²) in [5.41, 5.74) is 0. The Balaban J connectivity index is 4.52. The van der Waals surface area contributed by atoms with Gasteiger partial charge in [0.1, 0.15) is 12.2 Å². The van der Waals surface area contributed by atoms with E-state index in [-0.39, 0.29) is 0 Å². The zero-order valence-electron chi connectivity index (χ0n) is 10.4. The molecule has 7 nitrogen and oxygen atoms in total. The van der Waals surface area contributed by atoms with E-state index in [0.29, 0.717) is 0 Å². The molecule has 0 aromatic carbocycles. The van der Waals surface area contributed by atoms with Crippen LogP contribution in [0.4, 0.5) is 0 Å². The summed E-state index contributed by atoms with van der Waals surface area (Å²) >= 11 is 0. The van der Waals surface area contributed by atoms with Gasteiger partial charge in [-0.15, -0.1) is 0 Å². The maximum Gasteiger partial charge on any atom is 0.390 e. The van der Waals surface area contributed by atoms with Gasteiger partial charge in [-0.3, -0.25) is 8.06 Å². The van der Waals surface area contributed by atoms with Crippen molar-refractivity contribution in [3.8, 4) is 0 Å². The molecule has 2 atom stereocenters. The van der Waals surface area contributed by atoms with Crippen LogP contribution in [0.1, 0.15) is 13.8 Å². The summed E-state index contributed by atoms with van der Waals surface area (Å²) in [4.78, 5) is 0. The molecule has 0 fully saturated rings. The maximum atomic E-state index is 11.4. The van der Waals surface area contributed by atoms with Crippen LogP contribution < -0.4 is 0 Å². The fourth-order valence-corrected chi connectivity index (χ4v) is 4.39. The first kappa shape index (κ1) is 17.0. The fourth-order valence-electron chi connectivity index (χ4n) is 0.811. The highest BCUT2D eigenvalue weighted by Gasteiger charge is 2.29. The van der Waals surface area contributed by atoms with Crippen LogP contribution >= 0.6 is 0 Å². The number of thiol groups is 1. The van der Waals surface area contributed by atoms with Gasteiger partial charge in [0.25, 0.3) is 11.0 Å². The molecule has 2 unspecified atom stereocenters. The minimum absolute atomic E-state index is 0.906. The van der Waals surface area contributed by atoms with Gasteiger partial charge in [-0.2, -0.15) is 8.42 Å². The van der Waals surface area contributed by atoms with Crippen molar-refractivity contribution in [2.24, 2.45) is 0 Å². The molecule has 0 saturated heterocycles. The van der Waals surface area contributed by atoms with E-state index in [9.17, 15) is 16.8 Å². The van der Waals surface area contributed by atoms with Gasteiger partial charge in [-0.05, 0) is 33.5 Å². The molecule has 104 valence electrons. The van der Waals surface area contributed by atoms with Crippen molar-refractivity contribution in [2.45, 2.75) is 45.7 Å². The molecule has 0 aromatic rings. The summed E-state index contributed by atoms with van der Waals surface area (Å²) in [5, 5.41) is 0. The quantitative estimate of drug-likeness (QED) is 0.538. The third-order valence-electron chi connectivity index (χ3n) is 1.54. The normalized spacial score (nSPS) is 17.1. The highest BCUT2D eigenvalue weighted by atomic mass is 32.3. The summed E-state index contributed by atoms with van der Waals surface area (Å²) in [6.45, 7) is 7.83. The smallest absolute Gasteiger partial charge is 0.294 e. The van der Waals surface area contributed by atoms with Crippen LogP contribution in [0.2, 0.25) is 19.6 Å². The topological polar surface area (TPSA) is 96.0 Å². The van der Waals surface area contributed by atoms with Crippen LogP contribution in [-0.2, 0) is 33.6 Å². The van der Waals surface area contributed by atoms with Crippen LogP contribution in [0.15, 0.2) is 0 Å². The second kappa shape index (κ2) is 6.25. The van der Waals surface area contributed by atoms with Gasteiger partial charge in [-0.1, -0.05) is 0 Å². The van der Waals surface area contributed by atoms with Crippen LogP contribution in [-0.4, -0.2) is 37.4 Å². The Morgan fingerprint density at radius 3 is 1.88 bits per heavy atom.